The van der Waals surface area contributed by atoms with Gasteiger partial charge in [0.05, 0.1) is 18.0 Å². The second-order valence-electron chi connectivity index (χ2n) is 4.39. The Morgan fingerprint density at radius 2 is 1.90 bits per heavy atom. The lowest BCUT2D eigenvalue weighted by molar-refractivity contribution is -0.139. The monoisotopic (exact) mass is 352 g/mol. The van der Waals surface area contributed by atoms with Crippen molar-refractivity contribution in [3.63, 3.8) is 0 Å². The molecule has 0 heterocycles. The standard InChI is InChI=1S/C16H14BrFO3/c1-20-16(19)8-11-4-2-3-5-12(11)10-21-15-7-6-13(18)9-14(15)17/h2-7,9H,8,10H2,1H3. The fourth-order valence-corrected chi connectivity index (χ4v) is 2.31. The van der Waals surface area contributed by atoms with Crippen molar-refractivity contribution in [3.8, 4) is 5.75 Å². The van der Waals surface area contributed by atoms with Gasteiger partial charge in [-0.1, -0.05) is 24.3 Å². The summed E-state index contributed by atoms with van der Waals surface area (Å²) >= 11 is 3.25. The number of benzene rings is 2. The van der Waals surface area contributed by atoms with Gasteiger partial charge in [0, 0.05) is 0 Å². The molecule has 0 radical (unpaired) electrons. The zero-order valence-corrected chi connectivity index (χ0v) is 13.0. The van der Waals surface area contributed by atoms with Crippen LogP contribution in [0.25, 0.3) is 0 Å². The zero-order valence-electron chi connectivity index (χ0n) is 11.4. The average molecular weight is 353 g/mol. The lowest BCUT2D eigenvalue weighted by atomic mass is 10.1. The largest absolute Gasteiger partial charge is 0.488 e. The maximum Gasteiger partial charge on any atom is 0.309 e. The molecule has 0 N–H and O–H groups in total. The van der Waals surface area contributed by atoms with Crippen LogP contribution in [-0.4, -0.2) is 13.1 Å². The Hall–Kier alpha value is -1.88. The van der Waals surface area contributed by atoms with E-state index in [9.17, 15) is 9.18 Å². The van der Waals surface area contributed by atoms with E-state index < -0.39 is 0 Å². The zero-order chi connectivity index (χ0) is 15.2. The SMILES string of the molecule is COC(=O)Cc1ccccc1COc1ccc(F)cc1Br. The summed E-state index contributed by atoms with van der Waals surface area (Å²) in [6, 6.07) is 11.7. The molecule has 0 saturated carbocycles. The first kappa shape index (κ1) is 15.5. The molecule has 110 valence electrons. The highest BCUT2D eigenvalue weighted by Crippen LogP contribution is 2.26. The van der Waals surface area contributed by atoms with Crippen molar-refractivity contribution in [2.24, 2.45) is 0 Å². The minimum Gasteiger partial charge on any atom is -0.488 e. The molecule has 0 aliphatic rings. The molecule has 2 aromatic rings. The van der Waals surface area contributed by atoms with Crippen LogP contribution >= 0.6 is 15.9 Å². The van der Waals surface area contributed by atoms with E-state index in [0.29, 0.717) is 10.2 Å². The molecule has 0 spiro atoms. The summed E-state index contributed by atoms with van der Waals surface area (Å²) < 4.78 is 23.9. The highest BCUT2D eigenvalue weighted by atomic mass is 79.9. The Morgan fingerprint density at radius 3 is 2.57 bits per heavy atom. The van der Waals surface area contributed by atoms with Gasteiger partial charge in [0.2, 0.25) is 0 Å². The fourth-order valence-electron chi connectivity index (χ4n) is 1.85. The quantitative estimate of drug-likeness (QED) is 0.766. The van der Waals surface area contributed by atoms with Crippen molar-refractivity contribution in [3.05, 3.63) is 63.9 Å². The van der Waals surface area contributed by atoms with Crippen LogP contribution < -0.4 is 4.74 Å². The van der Waals surface area contributed by atoms with Gasteiger partial charge in [0.1, 0.15) is 18.2 Å². The molecule has 5 heteroatoms. The third kappa shape index (κ3) is 4.29. The Morgan fingerprint density at radius 1 is 1.19 bits per heavy atom. The summed E-state index contributed by atoms with van der Waals surface area (Å²) in [6.07, 6.45) is 0.195. The molecule has 21 heavy (non-hydrogen) atoms. The fraction of sp³-hybridized carbons (Fsp3) is 0.188. The molecule has 0 amide bonds. The predicted molar refractivity (Wildman–Crippen MR) is 80.6 cm³/mol. The number of hydrogen-bond acceptors (Lipinski definition) is 3. The van der Waals surface area contributed by atoms with Gasteiger partial charge >= 0.3 is 5.97 Å². The van der Waals surface area contributed by atoms with Crippen LogP contribution in [0.4, 0.5) is 4.39 Å². The average Bonchev–Trinajstić information content (AvgIpc) is 2.47. The predicted octanol–water partition coefficient (Wildman–Crippen LogP) is 3.88. The summed E-state index contributed by atoms with van der Waals surface area (Å²) in [7, 11) is 1.36. The summed E-state index contributed by atoms with van der Waals surface area (Å²) in [5.74, 6) is -0.0880. The molecule has 0 aliphatic carbocycles. The van der Waals surface area contributed by atoms with E-state index in [4.69, 9.17) is 4.74 Å². The molecule has 0 fully saturated rings. The Balaban J connectivity index is 2.11. The highest BCUT2D eigenvalue weighted by molar-refractivity contribution is 9.10. The third-order valence-corrected chi connectivity index (χ3v) is 3.58. The number of ether oxygens (including phenoxy) is 2. The first-order valence-electron chi connectivity index (χ1n) is 6.31. The summed E-state index contributed by atoms with van der Waals surface area (Å²) in [5, 5.41) is 0. The minimum absolute atomic E-state index is 0.195. The number of hydrogen-bond donors (Lipinski definition) is 0. The summed E-state index contributed by atoms with van der Waals surface area (Å²) in [6.45, 7) is 0.289. The lowest BCUT2D eigenvalue weighted by Gasteiger charge is -2.11. The number of carbonyl (C=O) groups is 1. The first-order chi connectivity index (χ1) is 10.1. The van der Waals surface area contributed by atoms with Gasteiger partial charge in [-0.2, -0.15) is 0 Å². The molecule has 2 aromatic carbocycles. The van der Waals surface area contributed by atoms with Crippen LogP contribution in [0.1, 0.15) is 11.1 Å². The molecular weight excluding hydrogens is 339 g/mol. The molecule has 0 unspecified atom stereocenters. The second kappa shape index (κ2) is 7.22. The molecule has 0 aromatic heterocycles. The molecule has 0 aliphatic heterocycles. The first-order valence-corrected chi connectivity index (χ1v) is 7.11. The van der Waals surface area contributed by atoms with Crippen molar-refractivity contribution in [1.82, 2.24) is 0 Å². The smallest absolute Gasteiger partial charge is 0.309 e. The van der Waals surface area contributed by atoms with Crippen LogP contribution in [0.3, 0.4) is 0 Å². The lowest BCUT2D eigenvalue weighted by Crippen LogP contribution is -2.08. The van der Waals surface area contributed by atoms with Crippen molar-refractivity contribution >= 4 is 21.9 Å². The maximum atomic E-state index is 13.0. The van der Waals surface area contributed by atoms with E-state index in [1.165, 1.54) is 19.2 Å². The van der Waals surface area contributed by atoms with E-state index in [1.807, 2.05) is 24.3 Å². The Kier molecular flexibility index (Phi) is 5.33. The minimum atomic E-state index is -0.333. The normalized spacial score (nSPS) is 10.2. The van der Waals surface area contributed by atoms with Crippen LogP contribution in [0.2, 0.25) is 0 Å². The summed E-state index contributed by atoms with van der Waals surface area (Å²) in [5.41, 5.74) is 1.74. The highest BCUT2D eigenvalue weighted by Gasteiger charge is 2.09. The van der Waals surface area contributed by atoms with Crippen molar-refractivity contribution in [2.45, 2.75) is 13.0 Å². The number of methoxy groups -OCH3 is 1. The van der Waals surface area contributed by atoms with Gasteiger partial charge in [-0.15, -0.1) is 0 Å². The molecule has 0 saturated heterocycles. The third-order valence-electron chi connectivity index (χ3n) is 2.96. The molecular formula is C16H14BrFO3. The van der Waals surface area contributed by atoms with Crippen LogP contribution in [0, 0.1) is 5.82 Å². The molecule has 0 atom stereocenters. The van der Waals surface area contributed by atoms with Crippen LogP contribution in [0.15, 0.2) is 46.9 Å². The van der Waals surface area contributed by atoms with E-state index in [-0.39, 0.29) is 24.8 Å². The van der Waals surface area contributed by atoms with Crippen molar-refractivity contribution < 1.29 is 18.7 Å². The van der Waals surface area contributed by atoms with Gasteiger partial charge in [0.25, 0.3) is 0 Å². The van der Waals surface area contributed by atoms with Gasteiger partial charge < -0.3 is 9.47 Å². The van der Waals surface area contributed by atoms with Crippen LogP contribution in [-0.2, 0) is 22.6 Å². The Bertz CT molecular complexity index is 643. The van der Waals surface area contributed by atoms with Crippen LogP contribution in [0.5, 0.6) is 5.75 Å². The number of esters is 1. The van der Waals surface area contributed by atoms with Gasteiger partial charge in [-0.25, -0.2) is 4.39 Å². The van der Waals surface area contributed by atoms with Crippen molar-refractivity contribution in [1.29, 1.82) is 0 Å². The number of rotatable bonds is 5. The van der Waals surface area contributed by atoms with Gasteiger partial charge in [-0.3, -0.25) is 4.79 Å². The molecule has 3 nitrogen and oxygen atoms in total. The van der Waals surface area contributed by atoms with E-state index in [2.05, 4.69) is 20.7 Å². The molecule has 2 rings (SSSR count). The summed E-state index contributed by atoms with van der Waals surface area (Å²) in [4.78, 5) is 11.4. The van der Waals surface area contributed by atoms with E-state index in [0.717, 1.165) is 11.1 Å². The van der Waals surface area contributed by atoms with E-state index >= 15 is 0 Å². The van der Waals surface area contributed by atoms with Gasteiger partial charge in [0.15, 0.2) is 0 Å². The van der Waals surface area contributed by atoms with E-state index in [1.54, 1.807) is 6.07 Å². The molecule has 0 bridgehead atoms. The topological polar surface area (TPSA) is 35.5 Å². The number of halogens is 2. The Labute approximate surface area is 130 Å². The second-order valence-corrected chi connectivity index (χ2v) is 5.24. The van der Waals surface area contributed by atoms with Crippen molar-refractivity contribution in [2.75, 3.05) is 7.11 Å². The van der Waals surface area contributed by atoms with Gasteiger partial charge in [-0.05, 0) is 45.3 Å². The number of carbonyl (C=O) groups excluding carboxylic acids is 1. The maximum absolute atomic E-state index is 13.0.